The molecule has 3 aliphatic heterocycles. The van der Waals surface area contributed by atoms with Gasteiger partial charge >= 0.3 is 0 Å². The van der Waals surface area contributed by atoms with Crippen LogP contribution in [0.5, 0.6) is 0 Å². The second-order valence-electron chi connectivity index (χ2n) is 26.0. The number of hydrogen-bond acceptors (Lipinski definition) is 18. The fourth-order valence-electron chi connectivity index (χ4n) is 12.3. The van der Waals surface area contributed by atoms with Crippen LogP contribution in [0.3, 0.4) is 0 Å². The highest BCUT2D eigenvalue weighted by atomic mass is 16.8. The van der Waals surface area contributed by atoms with E-state index in [1.165, 1.54) is 199 Å². The maximum Gasteiger partial charge on any atom is 0.220 e. The first kappa shape index (κ1) is 82.2. The third kappa shape index (κ3) is 34.6. The molecule has 0 aromatic carbocycles. The van der Waals surface area contributed by atoms with Gasteiger partial charge in [-0.15, -0.1) is 0 Å². The molecular formula is C71H131NO18. The molecule has 19 heteroatoms. The molecule has 17 atom stereocenters. The zero-order chi connectivity index (χ0) is 65.4. The molecule has 19 nitrogen and oxygen atoms in total. The van der Waals surface area contributed by atoms with Crippen molar-refractivity contribution in [2.75, 3.05) is 26.4 Å². The van der Waals surface area contributed by atoms with Crippen LogP contribution in [0, 0.1) is 0 Å². The average Bonchev–Trinajstić information content (AvgIpc) is 0.987. The van der Waals surface area contributed by atoms with Crippen LogP contribution in [0.25, 0.3) is 0 Å². The van der Waals surface area contributed by atoms with Gasteiger partial charge in [0, 0.05) is 6.42 Å². The summed E-state index contributed by atoms with van der Waals surface area (Å²) in [6.45, 7) is 1.73. The largest absolute Gasteiger partial charge is 0.394 e. The Morgan fingerprint density at radius 2 is 0.711 bits per heavy atom. The van der Waals surface area contributed by atoms with Crippen molar-refractivity contribution in [1.29, 1.82) is 0 Å². The van der Waals surface area contributed by atoms with Crippen molar-refractivity contribution in [1.82, 2.24) is 5.32 Å². The van der Waals surface area contributed by atoms with Gasteiger partial charge in [0.1, 0.15) is 73.2 Å². The fraction of sp³-hybridized carbons (Fsp3) is 0.901. The third-order valence-corrected chi connectivity index (χ3v) is 18.2. The number of carbonyl (C=O) groups is 1. The van der Waals surface area contributed by atoms with Crippen molar-refractivity contribution in [2.24, 2.45) is 0 Å². The summed E-state index contributed by atoms with van der Waals surface area (Å²) in [6.07, 6.45) is 35.8. The normalized spacial score (nSPS) is 28.2. The molecular weight excluding hydrogens is 1150 g/mol. The summed E-state index contributed by atoms with van der Waals surface area (Å²) >= 11 is 0. The van der Waals surface area contributed by atoms with Gasteiger partial charge < -0.3 is 89.9 Å². The molecule has 3 aliphatic rings. The zero-order valence-corrected chi connectivity index (χ0v) is 55.9. The van der Waals surface area contributed by atoms with Gasteiger partial charge in [0.2, 0.25) is 5.91 Å². The summed E-state index contributed by atoms with van der Waals surface area (Å²) in [4.78, 5) is 13.4. The first-order valence-corrected chi connectivity index (χ1v) is 36.2. The third-order valence-electron chi connectivity index (χ3n) is 18.2. The maximum atomic E-state index is 13.4. The van der Waals surface area contributed by atoms with E-state index in [2.05, 4.69) is 43.5 Å². The van der Waals surface area contributed by atoms with Gasteiger partial charge in [-0.05, 0) is 44.9 Å². The molecule has 0 bridgehead atoms. The number of amides is 1. The number of unbranched alkanes of at least 4 members (excludes halogenated alkanes) is 36. The van der Waals surface area contributed by atoms with Crippen molar-refractivity contribution in [3.05, 3.63) is 36.5 Å². The van der Waals surface area contributed by atoms with Crippen LogP contribution in [0.1, 0.15) is 277 Å². The molecule has 528 valence electrons. The van der Waals surface area contributed by atoms with Crippen molar-refractivity contribution in [2.45, 2.75) is 381 Å². The highest BCUT2D eigenvalue weighted by molar-refractivity contribution is 5.76. The van der Waals surface area contributed by atoms with Gasteiger partial charge in [0.05, 0.1) is 38.6 Å². The minimum Gasteiger partial charge on any atom is -0.394 e. The Labute approximate surface area is 542 Å². The average molecular weight is 1290 g/mol. The predicted octanol–water partition coefficient (Wildman–Crippen LogP) is 10.00. The minimum absolute atomic E-state index is 0.235. The fourth-order valence-corrected chi connectivity index (χ4v) is 12.3. The van der Waals surface area contributed by atoms with E-state index in [1.54, 1.807) is 6.08 Å². The van der Waals surface area contributed by atoms with Crippen LogP contribution in [-0.2, 0) is 33.2 Å². The molecule has 0 saturated carbocycles. The first-order valence-electron chi connectivity index (χ1n) is 36.2. The summed E-state index contributed by atoms with van der Waals surface area (Å²) in [5, 5.41) is 120. The Morgan fingerprint density at radius 3 is 1.11 bits per heavy atom. The molecule has 12 N–H and O–H groups in total. The molecule has 17 unspecified atom stereocenters. The number of rotatable bonds is 56. The molecule has 3 heterocycles. The quantitative estimate of drug-likeness (QED) is 0.0199. The monoisotopic (exact) mass is 1290 g/mol. The smallest absolute Gasteiger partial charge is 0.220 e. The summed E-state index contributed by atoms with van der Waals surface area (Å²) in [6, 6.07) is -0.994. The van der Waals surface area contributed by atoms with Gasteiger partial charge in [-0.3, -0.25) is 4.79 Å². The summed E-state index contributed by atoms with van der Waals surface area (Å²) in [5.41, 5.74) is 0. The summed E-state index contributed by atoms with van der Waals surface area (Å²) in [7, 11) is 0. The molecule has 0 aliphatic carbocycles. The number of nitrogens with one attached hydrogen (secondary N) is 1. The van der Waals surface area contributed by atoms with E-state index in [0.29, 0.717) is 12.8 Å². The number of aliphatic hydroxyl groups excluding tert-OH is 11. The molecule has 3 rings (SSSR count). The number of ether oxygens (including phenoxy) is 6. The van der Waals surface area contributed by atoms with E-state index < -0.39 is 124 Å². The van der Waals surface area contributed by atoms with Crippen LogP contribution in [0.4, 0.5) is 0 Å². The second-order valence-corrected chi connectivity index (χ2v) is 26.0. The van der Waals surface area contributed by atoms with Crippen LogP contribution >= 0.6 is 0 Å². The number of allylic oxidation sites excluding steroid dienone is 5. The van der Waals surface area contributed by atoms with Gasteiger partial charge in [-0.2, -0.15) is 0 Å². The van der Waals surface area contributed by atoms with Crippen molar-refractivity contribution in [3.63, 3.8) is 0 Å². The molecule has 0 aromatic rings. The van der Waals surface area contributed by atoms with E-state index in [-0.39, 0.29) is 18.9 Å². The van der Waals surface area contributed by atoms with Gasteiger partial charge in [-0.1, -0.05) is 262 Å². The number of carbonyl (C=O) groups excluding carboxylic acids is 1. The Morgan fingerprint density at radius 1 is 0.389 bits per heavy atom. The van der Waals surface area contributed by atoms with Crippen LogP contribution < -0.4 is 5.32 Å². The predicted molar refractivity (Wildman–Crippen MR) is 351 cm³/mol. The second kappa shape index (κ2) is 53.2. The van der Waals surface area contributed by atoms with Crippen LogP contribution in [-0.4, -0.2) is 193 Å². The van der Waals surface area contributed by atoms with Crippen LogP contribution in [0.2, 0.25) is 0 Å². The first-order chi connectivity index (χ1) is 43.8. The lowest BCUT2D eigenvalue weighted by Crippen LogP contribution is -2.66. The number of aliphatic hydroxyl groups is 11. The summed E-state index contributed by atoms with van der Waals surface area (Å²) < 4.78 is 34.3. The van der Waals surface area contributed by atoms with Crippen molar-refractivity contribution in [3.8, 4) is 0 Å². The Bertz CT molecular complexity index is 1780. The standard InChI is InChI=1S/C71H131NO18/c1-3-5-7-9-11-13-15-17-19-20-21-22-23-24-25-26-27-28-29-30-31-32-33-34-35-36-38-40-42-44-46-48-55(76)54(72-59(77)49-47-45-43-41-39-37-18-16-14-12-10-8-6-4-2)53-85-69-65(83)62(80)67(57(51-74)87-69)90-71-66(84)63(81)68(58(52-75)88-71)89-70-64(82)61(79)60(78)56(50-73)86-70/h33-34,38,40,46,48,54-58,60-71,73-76,78-84H,3-32,35-37,39,41-45,47,49-53H2,1-2H3,(H,72,77)/b34-33+,40-38+,48-46+. The lowest BCUT2D eigenvalue weighted by molar-refractivity contribution is -0.379. The minimum atomic E-state index is -1.98. The highest BCUT2D eigenvalue weighted by Crippen LogP contribution is 2.33. The molecule has 1 amide bonds. The highest BCUT2D eigenvalue weighted by Gasteiger charge is 2.53. The Balaban J connectivity index is 1.41. The molecule has 90 heavy (non-hydrogen) atoms. The van der Waals surface area contributed by atoms with E-state index in [0.717, 1.165) is 44.9 Å². The lowest BCUT2D eigenvalue weighted by atomic mass is 9.96. The Hall–Kier alpha value is -1.99. The van der Waals surface area contributed by atoms with E-state index in [4.69, 9.17) is 28.4 Å². The molecule has 3 saturated heterocycles. The summed E-state index contributed by atoms with van der Waals surface area (Å²) in [5.74, 6) is -0.287. The van der Waals surface area contributed by atoms with Gasteiger partial charge in [-0.25, -0.2) is 0 Å². The molecule has 0 aromatic heterocycles. The van der Waals surface area contributed by atoms with E-state index >= 15 is 0 Å². The van der Waals surface area contributed by atoms with Crippen molar-refractivity contribution < 1.29 is 89.4 Å². The maximum absolute atomic E-state index is 13.4. The van der Waals surface area contributed by atoms with Crippen molar-refractivity contribution >= 4 is 5.91 Å². The molecule has 0 radical (unpaired) electrons. The Kier molecular flexibility index (Phi) is 48.6. The van der Waals surface area contributed by atoms with Crippen LogP contribution in [0.15, 0.2) is 36.5 Å². The zero-order valence-electron chi connectivity index (χ0n) is 55.9. The van der Waals surface area contributed by atoms with Gasteiger partial charge in [0.25, 0.3) is 0 Å². The lowest BCUT2D eigenvalue weighted by Gasteiger charge is -2.48. The van der Waals surface area contributed by atoms with E-state index in [1.807, 2.05) is 6.08 Å². The topological polar surface area (TPSA) is 307 Å². The molecule has 3 fully saturated rings. The number of hydrogen-bond donors (Lipinski definition) is 12. The van der Waals surface area contributed by atoms with Gasteiger partial charge in [0.15, 0.2) is 18.9 Å². The SMILES string of the molecule is CCCCCCCCCCCCCCCCCCCCCCC/C=C/CC/C=C/CC/C=C/C(O)C(COC1OC(CO)C(OC2OC(CO)C(OC3OC(CO)C(O)C(O)C3O)C(O)C2O)C(O)C1O)NC(=O)CCCCCCCCCCCCCCCC. The molecule has 0 spiro atoms. The van der Waals surface area contributed by atoms with E-state index in [9.17, 15) is 61.0 Å².